The zero-order chi connectivity index (χ0) is 44.5. The Morgan fingerprint density at radius 3 is 0.855 bits per heavy atom. The Hall–Kier alpha value is -4.32. The van der Waals surface area contributed by atoms with Crippen LogP contribution in [0.15, 0.2) is 135 Å². The monoisotopic (exact) mass is 994 g/mol. The first kappa shape index (κ1) is 44.3. The molecule has 322 valence electrons. The van der Waals surface area contributed by atoms with Crippen molar-refractivity contribution in [2.75, 3.05) is 0 Å². The van der Waals surface area contributed by atoms with Gasteiger partial charge in [-0.1, -0.05) is 156 Å². The largest absolute Gasteiger partial charge is 0.453 e. The van der Waals surface area contributed by atoms with Crippen molar-refractivity contribution >= 4 is 92.2 Å². The van der Waals surface area contributed by atoms with Gasteiger partial charge in [0.1, 0.15) is 33.8 Å². The Balaban J connectivity index is 1.55. The third-order valence-electron chi connectivity index (χ3n) is 11.1. The molecule has 0 unspecified atom stereocenters. The minimum absolute atomic E-state index is 0.280. The maximum absolute atomic E-state index is 7.36. The second-order valence-corrected chi connectivity index (χ2v) is 23.5. The molecule has 0 aliphatic heterocycles. The van der Waals surface area contributed by atoms with Gasteiger partial charge >= 0.3 is 16.5 Å². The van der Waals surface area contributed by atoms with Crippen molar-refractivity contribution in [3.8, 4) is 22.6 Å². The fourth-order valence-electron chi connectivity index (χ4n) is 7.78. The van der Waals surface area contributed by atoms with Gasteiger partial charge in [0.15, 0.2) is 0 Å². The van der Waals surface area contributed by atoms with Crippen molar-refractivity contribution in [2.24, 2.45) is 0 Å². The predicted molar refractivity (Wildman–Crippen MR) is 267 cm³/mol. The van der Waals surface area contributed by atoms with Crippen LogP contribution in [-0.4, -0.2) is 0 Å². The van der Waals surface area contributed by atoms with E-state index in [1.54, 1.807) is 0 Å². The first-order valence-electron chi connectivity index (χ1n) is 20.9. The van der Waals surface area contributed by atoms with Crippen LogP contribution in [0, 0.1) is 0 Å². The van der Waals surface area contributed by atoms with E-state index in [1.165, 1.54) is 0 Å². The molecular weight excluding hydrogens is 942 g/mol. The minimum Gasteiger partial charge on any atom is -0.390 e. The summed E-state index contributed by atoms with van der Waals surface area (Å²) >= 11 is 8.50. The third-order valence-corrected chi connectivity index (χ3v) is 14.8. The van der Waals surface area contributed by atoms with Gasteiger partial charge in [0, 0.05) is 52.7 Å². The van der Waals surface area contributed by atoms with Gasteiger partial charge in [-0.3, -0.25) is 0 Å². The molecule has 0 aliphatic carbocycles. The SMILES string of the molecule is CC(C)(C)c1cc(C(C)(C)C)c(Op2oc3ccccc3c3ccccc3o2)c(-c2c(Br)c(C(C)(C)C)cc(C(C)(C)C)c2Op2oc3ccccc3c3ccccc3o2)c1Br. The van der Waals surface area contributed by atoms with Crippen molar-refractivity contribution in [1.82, 2.24) is 0 Å². The molecular formula is C52H54Br2O6P2. The number of benzene rings is 6. The summed E-state index contributed by atoms with van der Waals surface area (Å²) in [4.78, 5) is 0. The van der Waals surface area contributed by atoms with Crippen LogP contribution in [-0.2, 0) is 21.7 Å². The summed E-state index contributed by atoms with van der Waals surface area (Å²) in [5.74, 6) is 1.26. The second-order valence-electron chi connectivity index (χ2n) is 20.0. The second kappa shape index (κ2) is 16.3. The topological polar surface area (TPSA) is 71.0 Å². The Morgan fingerprint density at radius 1 is 0.371 bits per heavy atom. The van der Waals surface area contributed by atoms with Gasteiger partial charge in [-0.2, -0.15) is 0 Å². The number of hydrogen-bond acceptors (Lipinski definition) is 6. The van der Waals surface area contributed by atoms with Gasteiger partial charge < -0.3 is 25.8 Å². The molecule has 0 bridgehead atoms. The molecule has 0 saturated heterocycles. The van der Waals surface area contributed by atoms with Crippen molar-refractivity contribution in [3.05, 3.63) is 140 Å². The molecule has 0 spiro atoms. The van der Waals surface area contributed by atoms with Gasteiger partial charge in [0.2, 0.25) is 0 Å². The lowest BCUT2D eigenvalue weighted by atomic mass is 9.75. The number of halogens is 2. The molecule has 6 aromatic carbocycles. The van der Waals surface area contributed by atoms with E-state index in [2.05, 4.69) is 151 Å². The molecule has 0 aliphatic rings. The molecule has 10 heteroatoms. The van der Waals surface area contributed by atoms with Crippen LogP contribution in [0.2, 0.25) is 0 Å². The first-order chi connectivity index (χ1) is 29.1. The Morgan fingerprint density at radius 2 is 0.613 bits per heavy atom. The first-order valence-corrected chi connectivity index (χ1v) is 24.7. The molecule has 0 N–H and O–H groups in total. The van der Waals surface area contributed by atoms with Gasteiger partial charge in [0.25, 0.3) is 0 Å². The van der Waals surface area contributed by atoms with Crippen LogP contribution in [0.4, 0.5) is 0 Å². The average Bonchev–Trinajstić information content (AvgIpc) is 3.44. The highest BCUT2D eigenvalue weighted by atomic mass is 79.9. The highest BCUT2D eigenvalue weighted by Crippen LogP contribution is 2.58. The van der Waals surface area contributed by atoms with E-state index in [4.69, 9.17) is 25.8 Å². The van der Waals surface area contributed by atoms with E-state index < -0.39 is 27.3 Å². The van der Waals surface area contributed by atoms with E-state index in [1.807, 2.05) is 72.8 Å². The molecule has 0 atom stereocenters. The van der Waals surface area contributed by atoms with Crippen LogP contribution < -0.4 is 9.05 Å². The number of rotatable bonds is 5. The van der Waals surface area contributed by atoms with Gasteiger partial charge in [0.05, 0.1) is 0 Å². The summed E-state index contributed by atoms with van der Waals surface area (Å²) in [6.07, 6.45) is 0. The highest BCUT2D eigenvalue weighted by molar-refractivity contribution is 9.11. The van der Waals surface area contributed by atoms with Gasteiger partial charge in [-0.05, 0) is 101 Å². The Labute approximate surface area is 383 Å². The van der Waals surface area contributed by atoms with Crippen molar-refractivity contribution < 1.29 is 25.8 Å². The van der Waals surface area contributed by atoms with Gasteiger partial charge in [-0.25, -0.2) is 0 Å². The molecule has 2 heterocycles. The third kappa shape index (κ3) is 8.53. The van der Waals surface area contributed by atoms with Crippen molar-refractivity contribution in [3.63, 3.8) is 0 Å². The van der Waals surface area contributed by atoms with E-state index in [0.717, 1.165) is 63.9 Å². The summed E-state index contributed by atoms with van der Waals surface area (Å²) in [6.45, 7) is 26.7. The Bertz CT molecular complexity index is 2770. The molecule has 8 rings (SSSR count). The molecule has 0 saturated carbocycles. The molecule has 0 fully saturated rings. The zero-order valence-electron chi connectivity index (χ0n) is 37.5. The number of para-hydroxylation sites is 4. The van der Waals surface area contributed by atoms with Crippen LogP contribution in [0.3, 0.4) is 0 Å². The summed E-state index contributed by atoms with van der Waals surface area (Å²) in [7, 11) is -4.10. The highest BCUT2D eigenvalue weighted by Gasteiger charge is 2.37. The average molecular weight is 997 g/mol. The van der Waals surface area contributed by atoms with Crippen LogP contribution in [0.5, 0.6) is 11.5 Å². The van der Waals surface area contributed by atoms with Crippen LogP contribution in [0.25, 0.3) is 55.0 Å². The smallest absolute Gasteiger partial charge is 0.390 e. The standard InChI is InChI=1S/C52H54Br2O6P2/c1-49(2,3)35-29-37(51(7,8)9)47(59-61-55-39-25-17-13-21-31(39)32-22-14-18-26-40(32)56-61)43(45(35)53)44-46(54)36(50(4,5)6)30-38(52(10,11)12)48(44)60-62-57-41-27-19-15-23-33(41)34-24-16-20-28-42(34)58-62/h13-30H,1-12H3. The molecule has 6 nitrogen and oxygen atoms in total. The lowest BCUT2D eigenvalue weighted by molar-refractivity contribution is 0.470. The summed E-state index contributed by atoms with van der Waals surface area (Å²) in [5, 5.41) is 3.77. The fraction of sp³-hybridized carbons (Fsp3) is 0.308. The Kier molecular flexibility index (Phi) is 11.7. The molecule has 0 radical (unpaired) electrons. The maximum atomic E-state index is 7.36. The predicted octanol–water partition coefficient (Wildman–Crippen LogP) is 19.0. The van der Waals surface area contributed by atoms with E-state index in [9.17, 15) is 0 Å². The van der Waals surface area contributed by atoms with Crippen LogP contribution in [0.1, 0.15) is 105 Å². The van der Waals surface area contributed by atoms with Crippen molar-refractivity contribution in [1.29, 1.82) is 0 Å². The number of hydrogen-bond donors (Lipinski definition) is 0. The van der Waals surface area contributed by atoms with Crippen molar-refractivity contribution in [2.45, 2.75) is 105 Å². The fourth-order valence-corrected chi connectivity index (χ4v) is 12.1. The molecule has 8 aromatic rings. The lowest BCUT2D eigenvalue weighted by Gasteiger charge is -2.33. The lowest BCUT2D eigenvalue weighted by Crippen LogP contribution is -2.21. The summed E-state index contributed by atoms with van der Waals surface area (Å²) in [6, 6.07) is 36.6. The van der Waals surface area contributed by atoms with Gasteiger partial charge in [-0.15, -0.1) is 0 Å². The molecule has 0 amide bonds. The number of fused-ring (bicyclic) bond motifs is 6. The maximum Gasteiger partial charge on any atom is 0.453 e. The van der Waals surface area contributed by atoms with E-state index >= 15 is 0 Å². The molecule has 62 heavy (non-hydrogen) atoms. The van der Waals surface area contributed by atoms with Crippen LogP contribution >= 0.6 is 48.3 Å². The zero-order valence-corrected chi connectivity index (χ0v) is 42.5. The van der Waals surface area contributed by atoms with E-state index in [-0.39, 0.29) is 10.8 Å². The summed E-state index contributed by atoms with van der Waals surface area (Å²) in [5.41, 5.74) is 7.24. The van der Waals surface area contributed by atoms with E-state index in [0.29, 0.717) is 33.8 Å². The quantitative estimate of drug-likeness (QED) is 0.171. The minimum atomic E-state index is -2.05. The molecule has 2 aromatic heterocycles. The summed E-state index contributed by atoms with van der Waals surface area (Å²) < 4.78 is 43.6. The normalized spacial score (nSPS) is 12.7.